The van der Waals surface area contributed by atoms with Gasteiger partial charge in [-0.1, -0.05) is 0 Å². The molecule has 0 saturated carbocycles. The minimum atomic E-state index is 0.316. The molecule has 3 rings (SSSR count). The molecule has 3 aromatic rings. The van der Waals surface area contributed by atoms with Crippen molar-refractivity contribution in [3.8, 4) is 5.88 Å². The lowest BCUT2D eigenvalue weighted by molar-refractivity contribution is 0.401. The Morgan fingerprint density at radius 3 is 2.86 bits per heavy atom. The zero-order valence-electron chi connectivity index (χ0n) is 11.7. The van der Waals surface area contributed by atoms with E-state index in [0.717, 1.165) is 35.1 Å². The van der Waals surface area contributed by atoms with E-state index in [1.165, 1.54) is 6.33 Å². The largest absolute Gasteiger partial charge is 0.479 e. The zero-order valence-corrected chi connectivity index (χ0v) is 13.3. The van der Waals surface area contributed by atoms with E-state index in [2.05, 4.69) is 25.3 Å². The van der Waals surface area contributed by atoms with Crippen molar-refractivity contribution in [3.63, 3.8) is 0 Å². The maximum Gasteiger partial charge on any atom is 0.245 e. The van der Waals surface area contributed by atoms with Crippen molar-refractivity contribution in [1.29, 1.82) is 0 Å². The van der Waals surface area contributed by atoms with E-state index in [1.807, 2.05) is 11.5 Å². The predicted molar refractivity (Wildman–Crippen MR) is 82.0 cm³/mol. The smallest absolute Gasteiger partial charge is 0.245 e. The van der Waals surface area contributed by atoms with Gasteiger partial charge in [0.15, 0.2) is 11.2 Å². The van der Waals surface area contributed by atoms with Crippen LogP contribution in [-0.4, -0.2) is 31.6 Å². The van der Waals surface area contributed by atoms with Crippen molar-refractivity contribution in [3.05, 3.63) is 28.2 Å². The summed E-state index contributed by atoms with van der Waals surface area (Å²) < 4.78 is 7.23. The Bertz CT molecular complexity index is 769. The van der Waals surface area contributed by atoms with Crippen molar-refractivity contribution >= 4 is 34.1 Å². The second-order valence-corrected chi connectivity index (χ2v) is 5.71. The summed E-state index contributed by atoms with van der Waals surface area (Å²) in [5.74, 6) is 1.55. The number of fused-ring (bicyclic) bond motifs is 1. The Morgan fingerprint density at radius 2 is 2.19 bits per heavy atom. The summed E-state index contributed by atoms with van der Waals surface area (Å²) in [6.45, 7) is 2.72. The first-order valence-electron chi connectivity index (χ1n) is 6.44. The topological polar surface area (TPSA) is 65.7 Å². The van der Waals surface area contributed by atoms with E-state index in [4.69, 9.17) is 16.3 Å². The Morgan fingerprint density at radius 1 is 1.33 bits per heavy atom. The van der Waals surface area contributed by atoms with Gasteiger partial charge in [0.1, 0.15) is 12.2 Å². The SMILES string of the molecule is COc1ncnc2c1nc(CCl)n2CCc1nc(C)cs1. The molecular weight excluding hydrogens is 310 g/mol. The number of hydrogen-bond donors (Lipinski definition) is 0. The van der Waals surface area contributed by atoms with Crippen LogP contribution < -0.4 is 4.74 Å². The predicted octanol–water partition coefficient (Wildman–Crippen LogP) is 2.58. The number of halogens is 1. The molecule has 6 nitrogen and oxygen atoms in total. The van der Waals surface area contributed by atoms with E-state index in [1.54, 1.807) is 18.4 Å². The van der Waals surface area contributed by atoms with Gasteiger partial charge in [-0.05, 0) is 6.92 Å². The highest BCUT2D eigenvalue weighted by Crippen LogP contribution is 2.23. The van der Waals surface area contributed by atoms with Gasteiger partial charge in [0, 0.05) is 24.0 Å². The molecule has 0 N–H and O–H groups in total. The summed E-state index contributed by atoms with van der Waals surface area (Å²) in [5.41, 5.74) is 2.43. The van der Waals surface area contributed by atoms with Crippen LogP contribution in [0.2, 0.25) is 0 Å². The van der Waals surface area contributed by atoms with Gasteiger partial charge in [-0.25, -0.2) is 15.0 Å². The summed E-state index contributed by atoms with van der Waals surface area (Å²) in [6.07, 6.45) is 2.30. The molecule has 0 atom stereocenters. The highest BCUT2D eigenvalue weighted by atomic mass is 35.5. The summed E-state index contributed by atoms with van der Waals surface area (Å²) in [6, 6.07) is 0. The highest BCUT2D eigenvalue weighted by Gasteiger charge is 2.16. The molecule has 0 radical (unpaired) electrons. The Hall–Kier alpha value is -1.73. The van der Waals surface area contributed by atoms with Crippen LogP contribution >= 0.6 is 22.9 Å². The average molecular weight is 324 g/mol. The van der Waals surface area contributed by atoms with Crippen molar-refractivity contribution in [2.75, 3.05) is 7.11 Å². The molecule has 0 spiro atoms. The molecule has 8 heteroatoms. The minimum Gasteiger partial charge on any atom is -0.479 e. The van der Waals surface area contributed by atoms with Crippen LogP contribution in [0.25, 0.3) is 11.2 Å². The lowest BCUT2D eigenvalue weighted by Gasteiger charge is -2.05. The lowest BCUT2D eigenvalue weighted by Crippen LogP contribution is -2.06. The fourth-order valence-corrected chi connectivity index (χ4v) is 3.14. The van der Waals surface area contributed by atoms with E-state index in [9.17, 15) is 0 Å². The van der Waals surface area contributed by atoms with Crippen molar-refractivity contribution in [2.24, 2.45) is 0 Å². The number of rotatable bonds is 5. The van der Waals surface area contributed by atoms with Crippen LogP contribution in [0.3, 0.4) is 0 Å². The number of thiazole rings is 1. The molecular formula is C13H14ClN5OS. The standard InChI is InChI=1S/C13H14ClN5OS/c1-8-6-21-10(17-8)3-4-19-9(5-14)18-11-12(19)15-7-16-13(11)20-2/h6-7H,3-5H2,1-2H3. The van der Waals surface area contributed by atoms with Crippen LogP contribution in [0.5, 0.6) is 5.88 Å². The molecule has 0 bridgehead atoms. The first kappa shape index (κ1) is 14.2. The van der Waals surface area contributed by atoms with Crippen LogP contribution in [0.4, 0.5) is 0 Å². The van der Waals surface area contributed by atoms with E-state index in [-0.39, 0.29) is 0 Å². The number of aromatic nitrogens is 5. The van der Waals surface area contributed by atoms with Gasteiger partial charge in [-0.2, -0.15) is 4.98 Å². The molecule has 0 saturated heterocycles. The van der Waals surface area contributed by atoms with E-state index in [0.29, 0.717) is 17.3 Å². The molecule has 0 fully saturated rings. The summed E-state index contributed by atoms with van der Waals surface area (Å²) in [5, 5.41) is 3.14. The second-order valence-electron chi connectivity index (χ2n) is 4.50. The molecule has 0 aliphatic heterocycles. The third-order valence-electron chi connectivity index (χ3n) is 3.11. The number of ether oxygens (including phenoxy) is 1. The molecule has 0 aromatic carbocycles. The van der Waals surface area contributed by atoms with Crippen LogP contribution in [0, 0.1) is 6.92 Å². The van der Waals surface area contributed by atoms with Crippen LogP contribution in [-0.2, 0) is 18.8 Å². The highest BCUT2D eigenvalue weighted by molar-refractivity contribution is 7.09. The summed E-state index contributed by atoms with van der Waals surface area (Å²) >= 11 is 7.66. The maximum atomic E-state index is 6.00. The first-order chi connectivity index (χ1) is 10.2. The van der Waals surface area contributed by atoms with Crippen molar-refractivity contribution < 1.29 is 4.74 Å². The van der Waals surface area contributed by atoms with Crippen molar-refractivity contribution in [2.45, 2.75) is 25.8 Å². The number of alkyl halides is 1. The van der Waals surface area contributed by atoms with Gasteiger partial charge in [0.05, 0.1) is 18.0 Å². The number of methoxy groups -OCH3 is 1. The molecule has 0 aliphatic rings. The molecule has 0 aliphatic carbocycles. The van der Waals surface area contributed by atoms with Crippen molar-refractivity contribution in [1.82, 2.24) is 24.5 Å². The summed E-state index contributed by atoms with van der Waals surface area (Å²) in [4.78, 5) is 17.3. The number of imidazole rings is 1. The first-order valence-corrected chi connectivity index (χ1v) is 7.85. The molecule has 110 valence electrons. The second kappa shape index (κ2) is 5.95. The Kier molecular flexibility index (Phi) is 4.03. The van der Waals surface area contributed by atoms with Gasteiger partial charge in [-0.15, -0.1) is 22.9 Å². The van der Waals surface area contributed by atoms with E-state index < -0.39 is 0 Å². The van der Waals surface area contributed by atoms with E-state index >= 15 is 0 Å². The van der Waals surface area contributed by atoms with Gasteiger partial charge in [-0.3, -0.25) is 0 Å². The molecule has 21 heavy (non-hydrogen) atoms. The van der Waals surface area contributed by atoms with Crippen LogP contribution in [0.1, 0.15) is 16.5 Å². The normalized spacial score (nSPS) is 11.2. The fraction of sp³-hybridized carbons (Fsp3) is 0.385. The average Bonchev–Trinajstić information content (AvgIpc) is 3.07. The number of hydrogen-bond acceptors (Lipinski definition) is 6. The van der Waals surface area contributed by atoms with Gasteiger partial charge < -0.3 is 9.30 Å². The Labute approximate surface area is 130 Å². The molecule has 3 heterocycles. The lowest BCUT2D eigenvalue weighted by atomic mass is 10.4. The molecule has 0 unspecified atom stereocenters. The third kappa shape index (κ3) is 2.71. The fourth-order valence-electron chi connectivity index (χ4n) is 2.17. The minimum absolute atomic E-state index is 0.316. The molecule has 0 amide bonds. The van der Waals surface area contributed by atoms with Gasteiger partial charge in [0.25, 0.3) is 0 Å². The van der Waals surface area contributed by atoms with Crippen LogP contribution in [0.15, 0.2) is 11.7 Å². The summed E-state index contributed by atoms with van der Waals surface area (Å²) in [7, 11) is 1.57. The van der Waals surface area contributed by atoms with Gasteiger partial charge in [0.2, 0.25) is 5.88 Å². The zero-order chi connectivity index (χ0) is 14.8. The molecule has 3 aromatic heterocycles. The quantitative estimate of drug-likeness (QED) is 0.675. The Balaban J connectivity index is 1.96. The third-order valence-corrected chi connectivity index (χ3v) is 4.37. The number of aryl methyl sites for hydroxylation is 3. The van der Waals surface area contributed by atoms with Gasteiger partial charge >= 0.3 is 0 Å². The number of nitrogens with zero attached hydrogens (tertiary/aromatic N) is 5. The monoisotopic (exact) mass is 323 g/mol. The maximum absolute atomic E-state index is 6.00.